The lowest BCUT2D eigenvalue weighted by atomic mass is 10.0. The average Bonchev–Trinajstić information content (AvgIpc) is 2.23. The first kappa shape index (κ1) is 12.9. The molecular formula is C12H17NO2S. The lowest BCUT2D eigenvalue weighted by Crippen LogP contribution is -2.21. The van der Waals surface area contributed by atoms with Gasteiger partial charge in [-0.05, 0) is 43.5 Å². The molecule has 0 fully saturated rings. The molecule has 3 nitrogen and oxygen atoms in total. The Bertz CT molecular complexity index is 430. The fraction of sp³-hybridized carbons (Fsp3) is 0.417. The van der Waals surface area contributed by atoms with E-state index in [9.17, 15) is 4.79 Å². The summed E-state index contributed by atoms with van der Waals surface area (Å²) in [6.07, 6.45) is 0. The number of thiol groups is 1. The van der Waals surface area contributed by atoms with E-state index >= 15 is 0 Å². The molecule has 0 aliphatic rings. The van der Waals surface area contributed by atoms with Gasteiger partial charge in [0.1, 0.15) is 5.75 Å². The van der Waals surface area contributed by atoms with Crippen LogP contribution in [0.3, 0.4) is 0 Å². The quantitative estimate of drug-likeness (QED) is 0.804. The van der Waals surface area contributed by atoms with Crippen molar-refractivity contribution in [2.45, 2.75) is 20.8 Å². The van der Waals surface area contributed by atoms with Gasteiger partial charge < -0.3 is 9.64 Å². The van der Waals surface area contributed by atoms with Crippen molar-refractivity contribution >= 4 is 23.6 Å². The van der Waals surface area contributed by atoms with Gasteiger partial charge in [-0.15, -0.1) is 0 Å². The fourth-order valence-electron chi connectivity index (χ4n) is 1.80. The molecule has 1 amide bonds. The van der Waals surface area contributed by atoms with Crippen LogP contribution in [0.2, 0.25) is 0 Å². The Balaban J connectivity index is 3.39. The predicted molar refractivity (Wildman–Crippen MR) is 70.0 cm³/mol. The molecule has 0 bridgehead atoms. The average molecular weight is 239 g/mol. The second-order valence-corrected chi connectivity index (χ2v) is 4.22. The zero-order valence-electron chi connectivity index (χ0n) is 10.3. The van der Waals surface area contributed by atoms with Gasteiger partial charge in [0.05, 0.1) is 7.11 Å². The second-order valence-electron chi connectivity index (χ2n) is 3.84. The maximum Gasteiger partial charge on any atom is 0.282 e. The zero-order chi connectivity index (χ0) is 12.5. The molecule has 0 aromatic heterocycles. The van der Waals surface area contributed by atoms with E-state index in [1.807, 2.05) is 26.8 Å². The number of aryl methyl sites for hydroxylation is 1. The molecule has 0 aliphatic carbocycles. The van der Waals surface area contributed by atoms with Crippen LogP contribution in [0, 0.1) is 20.8 Å². The molecule has 0 saturated carbocycles. The number of benzene rings is 1. The first-order chi connectivity index (χ1) is 7.40. The summed E-state index contributed by atoms with van der Waals surface area (Å²) >= 11 is 3.82. The first-order valence-electron chi connectivity index (χ1n) is 5.01. The minimum atomic E-state index is -0.271. The van der Waals surface area contributed by atoms with Crippen molar-refractivity contribution in [3.05, 3.63) is 22.8 Å². The number of methoxy groups -OCH3 is 1. The van der Waals surface area contributed by atoms with Crippen LogP contribution in [-0.4, -0.2) is 19.4 Å². The summed E-state index contributed by atoms with van der Waals surface area (Å²) in [5.41, 5.74) is 3.98. The molecule has 4 heteroatoms. The van der Waals surface area contributed by atoms with E-state index in [0.717, 1.165) is 28.1 Å². The number of anilines is 1. The molecule has 0 radical (unpaired) electrons. The Hall–Kier alpha value is -1.16. The van der Waals surface area contributed by atoms with Gasteiger partial charge in [-0.1, -0.05) is 12.6 Å². The second kappa shape index (κ2) is 4.78. The van der Waals surface area contributed by atoms with Crippen molar-refractivity contribution in [2.75, 3.05) is 19.1 Å². The third kappa shape index (κ3) is 2.16. The summed E-state index contributed by atoms with van der Waals surface area (Å²) in [4.78, 5) is 12.8. The Morgan fingerprint density at radius 1 is 1.31 bits per heavy atom. The number of rotatable bonds is 2. The van der Waals surface area contributed by atoms with E-state index in [2.05, 4.69) is 12.6 Å². The van der Waals surface area contributed by atoms with Crippen molar-refractivity contribution in [1.29, 1.82) is 0 Å². The molecule has 16 heavy (non-hydrogen) atoms. The van der Waals surface area contributed by atoms with Gasteiger partial charge in [0, 0.05) is 12.7 Å². The van der Waals surface area contributed by atoms with Gasteiger partial charge in [-0.3, -0.25) is 4.79 Å². The summed E-state index contributed by atoms with van der Waals surface area (Å²) in [6, 6.07) is 1.94. The highest BCUT2D eigenvalue weighted by Gasteiger charge is 2.15. The number of carbonyl (C=O) groups is 1. The van der Waals surface area contributed by atoms with E-state index in [0.29, 0.717) is 0 Å². The van der Waals surface area contributed by atoms with Crippen LogP contribution in [0.5, 0.6) is 5.75 Å². The normalized spacial score (nSPS) is 10.1. The largest absolute Gasteiger partial charge is 0.496 e. The maximum absolute atomic E-state index is 11.2. The minimum absolute atomic E-state index is 0.271. The molecule has 0 saturated heterocycles. The van der Waals surface area contributed by atoms with E-state index in [4.69, 9.17) is 4.74 Å². The van der Waals surface area contributed by atoms with Gasteiger partial charge in [0.15, 0.2) is 0 Å². The van der Waals surface area contributed by atoms with E-state index in [1.54, 1.807) is 14.2 Å². The fourth-order valence-corrected chi connectivity index (χ4v) is 1.91. The summed E-state index contributed by atoms with van der Waals surface area (Å²) in [5.74, 6) is 0.876. The van der Waals surface area contributed by atoms with Gasteiger partial charge in [-0.25, -0.2) is 0 Å². The number of ether oxygens (including phenoxy) is 1. The van der Waals surface area contributed by atoms with Crippen LogP contribution < -0.4 is 9.64 Å². The van der Waals surface area contributed by atoms with Gasteiger partial charge >= 0.3 is 0 Å². The minimum Gasteiger partial charge on any atom is -0.496 e. The number of nitrogens with zero attached hydrogens (tertiary/aromatic N) is 1. The third-order valence-electron chi connectivity index (χ3n) is 2.85. The molecule has 1 aromatic rings. The van der Waals surface area contributed by atoms with E-state index in [1.165, 1.54) is 4.90 Å². The molecule has 1 rings (SSSR count). The van der Waals surface area contributed by atoms with E-state index < -0.39 is 0 Å². The summed E-state index contributed by atoms with van der Waals surface area (Å²) in [6.45, 7) is 5.92. The molecule has 0 aliphatic heterocycles. The monoisotopic (exact) mass is 239 g/mol. The molecule has 0 atom stereocenters. The summed E-state index contributed by atoms with van der Waals surface area (Å²) < 4.78 is 5.33. The van der Waals surface area contributed by atoms with Crippen molar-refractivity contribution in [1.82, 2.24) is 0 Å². The Morgan fingerprint density at radius 2 is 1.88 bits per heavy atom. The van der Waals surface area contributed by atoms with Crippen LogP contribution in [0.4, 0.5) is 10.5 Å². The predicted octanol–water partition coefficient (Wildman–Crippen LogP) is 3.11. The van der Waals surface area contributed by atoms with Crippen molar-refractivity contribution in [2.24, 2.45) is 0 Å². The summed E-state index contributed by atoms with van der Waals surface area (Å²) in [5, 5.41) is -0.271. The molecule has 1 aromatic carbocycles. The van der Waals surface area contributed by atoms with Gasteiger partial charge in [0.2, 0.25) is 0 Å². The SMILES string of the molecule is COc1c(C)cc(N(C)C(=O)S)c(C)c1C. The summed E-state index contributed by atoms with van der Waals surface area (Å²) in [7, 11) is 3.37. The van der Waals surface area contributed by atoms with Crippen molar-refractivity contribution in [3.63, 3.8) is 0 Å². The van der Waals surface area contributed by atoms with Crippen molar-refractivity contribution < 1.29 is 9.53 Å². The Kier molecular flexibility index (Phi) is 3.86. The smallest absolute Gasteiger partial charge is 0.282 e. The van der Waals surface area contributed by atoms with E-state index in [-0.39, 0.29) is 5.24 Å². The van der Waals surface area contributed by atoms with Crippen LogP contribution in [0.15, 0.2) is 6.07 Å². The van der Waals surface area contributed by atoms with Gasteiger partial charge in [0.25, 0.3) is 5.24 Å². The Morgan fingerprint density at radius 3 is 2.31 bits per heavy atom. The number of carbonyl (C=O) groups excluding carboxylic acids is 1. The van der Waals surface area contributed by atoms with Crippen LogP contribution in [0.25, 0.3) is 0 Å². The van der Waals surface area contributed by atoms with Gasteiger partial charge in [-0.2, -0.15) is 0 Å². The number of hydrogen-bond donors (Lipinski definition) is 1. The van der Waals surface area contributed by atoms with Crippen LogP contribution in [0.1, 0.15) is 16.7 Å². The molecule has 0 heterocycles. The highest BCUT2D eigenvalue weighted by atomic mass is 32.1. The number of hydrogen-bond acceptors (Lipinski definition) is 2. The zero-order valence-corrected chi connectivity index (χ0v) is 11.2. The van der Waals surface area contributed by atoms with Crippen molar-refractivity contribution in [3.8, 4) is 5.75 Å². The lowest BCUT2D eigenvalue weighted by Gasteiger charge is -2.21. The number of amides is 1. The Labute approximate surface area is 102 Å². The molecule has 0 N–H and O–H groups in total. The highest BCUT2D eigenvalue weighted by molar-refractivity contribution is 7.96. The first-order valence-corrected chi connectivity index (χ1v) is 5.46. The van der Waals surface area contributed by atoms with Crippen LogP contribution in [-0.2, 0) is 0 Å². The molecule has 0 spiro atoms. The molecule has 0 unspecified atom stereocenters. The molecular weight excluding hydrogens is 222 g/mol. The lowest BCUT2D eigenvalue weighted by molar-refractivity contribution is 0.266. The highest BCUT2D eigenvalue weighted by Crippen LogP contribution is 2.33. The standard InChI is InChI=1S/C12H17NO2S/c1-7-6-10(13(4)12(14)16)8(2)9(3)11(7)15-5/h6H,1-5H3,(H,14,16). The third-order valence-corrected chi connectivity index (χ3v) is 3.15. The maximum atomic E-state index is 11.2. The topological polar surface area (TPSA) is 29.5 Å². The van der Waals surface area contributed by atoms with Crippen LogP contribution >= 0.6 is 12.6 Å². The molecule has 88 valence electrons.